The van der Waals surface area contributed by atoms with Gasteiger partial charge in [-0.05, 0) is 30.3 Å². The van der Waals surface area contributed by atoms with Crippen LogP contribution in [0.25, 0.3) is 0 Å². The number of rotatable bonds is 5. The number of hydrogen-bond acceptors (Lipinski definition) is 4. The molecule has 0 saturated carbocycles. The fourth-order valence-corrected chi connectivity index (χ4v) is 2.15. The molecule has 0 fully saturated rings. The van der Waals surface area contributed by atoms with Gasteiger partial charge in [0, 0.05) is 10.6 Å². The fraction of sp³-hybridized carbons (Fsp3) is 0.118. The molecule has 0 aliphatic rings. The summed E-state index contributed by atoms with van der Waals surface area (Å²) in [6.45, 7) is -0.313. The fourth-order valence-electron chi connectivity index (χ4n) is 1.96. The summed E-state index contributed by atoms with van der Waals surface area (Å²) < 4.78 is 5.08. The minimum absolute atomic E-state index is 0.297. The Balaban J connectivity index is 1.82. The number of carbonyl (C=O) groups is 3. The van der Waals surface area contributed by atoms with E-state index in [4.69, 9.17) is 16.3 Å². The highest BCUT2D eigenvalue weighted by Crippen LogP contribution is 2.16. The van der Waals surface area contributed by atoms with E-state index in [1.807, 2.05) is 0 Å². The van der Waals surface area contributed by atoms with E-state index in [-0.39, 0.29) is 6.54 Å². The molecule has 0 radical (unpaired) electrons. The van der Waals surface area contributed by atoms with E-state index in [0.717, 1.165) is 0 Å². The van der Waals surface area contributed by atoms with Crippen molar-refractivity contribution < 1.29 is 19.1 Å². The van der Waals surface area contributed by atoms with Crippen LogP contribution in [0.2, 0.25) is 5.02 Å². The second-order valence-electron chi connectivity index (χ2n) is 4.90. The number of hydrazine groups is 1. The summed E-state index contributed by atoms with van der Waals surface area (Å²) in [5.74, 6) is -1.17. The first-order valence-corrected chi connectivity index (χ1v) is 7.65. The minimum atomic E-state index is -0.585. The quantitative estimate of drug-likeness (QED) is 0.704. The van der Waals surface area contributed by atoms with Crippen molar-refractivity contribution in [2.24, 2.45) is 0 Å². The lowest BCUT2D eigenvalue weighted by Gasteiger charge is -2.10. The van der Waals surface area contributed by atoms with Crippen LogP contribution in [0.15, 0.2) is 48.5 Å². The molecule has 2 rings (SSSR count). The summed E-state index contributed by atoms with van der Waals surface area (Å²) in [7, 11) is 1.45. The van der Waals surface area contributed by atoms with Crippen LogP contribution in [0.4, 0.5) is 0 Å². The van der Waals surface area contributed by atoms with E-state index in [0.29, 0.717) is 21.9 Å². The van der Waals surface area contributed by atoms with E-state index >= 15 is 0 Å². The van der Waals surface area contributed by atoms with Crippen molar-refractivity contribution in [3.05, 3.63) is 64.7 Å². The van der Waals surface area contributed by atoms with E-state index in [1.54, 1.807) is 42.5 Å². The van der Waals surface area contributed by atoms with Crippen molar-refractivity contribution >= 4 is 29.3 Å². The van der Waals surface area contributed by atoms with Crippen LogP contribution in [-0.4, -0.2) is 31.4 Å². The van der Waals surface area contributed by atoms with Gasteiger partial charge in [0.25, 0.3) is 17.7 Å². The zero-order chi connectivity index (χ0) is 18.2. The van der Waals surface area contributed by atoms with Gasteiger partial charge in [0.05, 0.1) is 19.2 Å². The second-order valence-corrected chi connectivity index (χ2v) is 5.33. The first-order valence-electron chi connectivity index (χ1n) is 7.27. The van der Waals surface area contributed by atoms with Gasteiger partial charge in [0.15, 0.2) is 0 Å². The topological polar surface area (TPSA) is 96.5 Å². The second kappa shape index (κ2) is 8.70. The molecule has 2 aromatic carbocycles. The normalized spacial score (nSPS) is 9.84. The number of hydrogen-bond donors (Lipinski definition) is 3. The summed E-state index contributed by atoms with van der Waals surface area (Å²) in [6, 6.07) is 12.9. The van der Waals surface area contributed by atoms with Gasteiger partial charge >= 0.3 is 0 Å². The molecule has 0 unspecified atom stereocenters. The minimum Gasteiger partial charge on any atom is -0.496 e. The number of benzene rings is 2. The van der Waals surface area contributed by atoms with Crippen LogP contribution < -0.4 is 20.9 Å². The van der Waals surface area contributed by atoms with Crippen LogP contribution >= 0.6 is 11.6 Å². The van der Waals surface area contributed by atoms with Crippen molar-refractivity contribution in [2.75, 3.05) is 13.7 Å². The Hall–Kier alpha value is -3.06. The molecule has 0 atom stereocenters. The van der Waals surface area contributed by atoms with Gasteiger partial charge < -0.3 is 10.1 Å². The molecule has 130 valence electrons. The maximum atomic E-state index is 12.1. The summed E-state index contributed by atoms with van der Waals surface area (Å²) in [5, 5.41) is 2.85. The molecule has 0 aliphatic heterocycles. The number of nitrogens with one attached hydrogen (secondary N) is 3. The monoisotopic (exact) mass is 361 g/mol. The average Bonchev–Trinajstić information content (AvgIpc) is 2.64. The van der Waals surface area contributed by atoms with Crippen molar-refractivity contribution in [2.45, 2.75) is 0 Å². The third-order valence-electron chi connectivity index (χ3n) is 3.16. The molecule has 8 heteroatoms. The van der Waals surface area contributed by atoms with Gasteiger partial charge in [-0.25, -0.2) is 0 Å². The van der Waals surface area contributed by atoms with Gasteiger partial charge in [-0.2, -0.15) is 0 Å². The van der Waals surface area contributed by atoms with Crippen LogP contribution in [0.5, 0.6) is 5.75 Å². The number of amides is 3. The molecule has 7 nitrogen and oxygen atoms in total. The average molecular weight is 362 g/mol. The molecule has 0 heterocycles. The van der Waals surface area contributed by atoms with Crippen molar-refractivity contribution in [1.82, 2.24) is 16.2 Å². The molecule has 0 spiro atoms. The first kappa shape index (κ1) is 18.3. The standard InChI is InChI=1S/C17H16ClN3O4/c1-25-14-8-3-2-7-13(14)17(24)19-10-15(22)20-21-16(23)11-5-4-6-12(18)9-11/h2-9H,10H2,1H3,(H,19,24)(H,20,22)(H,21,23). The van der Waals surface area contributed by atoms with Crippen LogP contribution in [0.1, 0.15) is 20.7 Å². The van der Waals surface area contributed by atoms with Crippen molar-refractivity contribution in [1.29, 1.82) is 0 Å². The number of ether oxygens (including phenoxy) is 1. The van der Waals surface area contributed by atoms with Crippen molar-refractivity contribution in [3.8, 4) is 5.75 Å². The maximum Gasteiger partial charge on any atom is 0.269 e. The number of methoxy groups -OCH3 is 1. The van der Waals surface area contributed by atoms with E-state index in [1.165, 1.54) is 13.2 Å². The van der Waals surface area contributed by atoms with Gasteiger partial charge in [-0.3, -0.25) is 25.2 Å². The third-order valence-corrected chi connectivity index (χ3v) is 3.40. The zero-order valence-corrected chi connectivity index (χ0v) is 14.1. The molecule has 0 bridgehead atoms. The Labute approximate surface area is 149 Å². The van der Waals surface area contributed by atoms with Gasteiger partial charge in [-0.15, -0.1) is 0 Å². The summed E-state index contributed by atoms with van der Waals surface area (Å²) in [4.78, 5) is 35.6. The lowest BCUT2D eigenvalue weighted by atomic mass is 10.2. The summed E-state index contributed by atoms with van der Waals surface area (Å²) in [5.41, 5.74) is 5.05. The van der Waals surface area contributed by atoms with Crippen LogP contribution in [0.3, 0.4) is 0 Å². The summed E-state index contributed by atoms with van der Waals surface area (Å²) in [6.07, 6.45) is 0. The lowest BCUT2D eigenvalue weighted by molar-refractivity contribution is -0.120. The Morgan fingerprint density at radius 1 is 1.00 bits per heavy atom. The Kier molecular flexibility index (Phi) is 6.36. The first-order chi connectivity index (χ1) is 12.0. The smallest absolute Gasteiger partial charge is 0.269 e. The Morgan fingerprint density at radius 2 is 1.76 bits per heavy atom. The van der Waals surface area contributed by atoms with Crippen LogP contribution in [-0.2, 0) is 4.79 Å². The number of carbonyl (C=O) groups excluding carboxylic acids is 3. The lowest BCUT2D eigenvalue weighted by Crippen LogP contribution is -2.46. The molecule has 3 N–H and O–H groups in total. The predicted molar refractivity (Wildman–Crippen MR) is 92.4 cm³/mol. The SMILES string of the molecule is COc1ccccc1C(=O)NCC(=O)NNC(=O)c1cccc(Cl)c1. The van der Waals surface area contributed by atoms with E-state index in [2.05, 4.69) is 16.2 Å². The highest BCUT2D eigenvalue weighted by atomic mass is 35.5. The number of para-hydroxylation sites is 1. The maximum absolute atomic E-state index is 12.1. The molecule has 0 saturated heterocycles. The third kappa shape index (κ3) is 5.22. The van der Waals surface area contributed by atoms with Crippen LogP contribution in [0, 0.1) is 0 Å². The molecule has 3 amide bonds. The Morgan fingerprint density at radius 3 is 2.48 bits per heavy atom. The molecule has 25 heavy (non-hydrogen) atoms. The molecular weight excluding hydrogens is 346 g/mol. The zero-order valence-electron chi connectivity index (χ0n) is 13.3. The molecule has 0 aromatic heterocycles. The molecule has 2 aromatic rings. The van der Waals surface area contributed by atoms with Crippen molar-refractivity contribution in [3.63, 3.8) is 0 Å². The van der Waals surface area contributed by atoms with Gasteiger partial charge in [0.2, 0.25) is 0 Å². The van der Waals surface area contributed by atoms with Gasteiger partial charge in [0.1, 0.15) is 5.75 Å². The largest absolute Gasteiger partial charge is 0.496 e. The summed E-state index contributed by atoms with van der Waals surface area (Å²) >= 11 is 5.79. The number of halogens is 1. The Bertz CT molecular complexity index is 795. The van der Waals surface area contributed by atoms with Gasteiger partial charge in [-0.1, -0.05) is 29.8 Å². The molecule has 0 aliphatic carbocycles. The molecular formula is C17H16ClN3O4. The highest BCUT2D eigenvalue weighted by molar-refractivity contribution is 6.30. The highest BCUT2D eigenvalue weighted by Gasteiger charge is 2.13. The predicted octanol–water partition coefficient (Wildman–Crippen LogP) is 1.54. The van der Waals surface area contributed by atoms with E-state index < -0.39 is 17.7 Å². The van der Waals surface area contributed by atoms with E-state index in [9.17, 15) is 14.4 Å².